The van der Waals surface area contributed by atoms with Gasteiger partial charge in [0.1, 0.15) is 5.82 Å². The molecule has 1 aliphatic carbocycles. The lowest BCUT2D eigenvalue weighted by Gasteiger charge is -2.13. The molecule has 1 aromatic carbocycles. The molecule has 1 saturated carbocycles. The van der Waals surface area contributed by atoms with Crippen LogP contribution in [-0.2, 0) is 6.42 Å². The number of benzene rings is 1. The molecule has 0 aromatic heterocycles. The van der Waals surface area contributed by atoms with E-state index in [-0.39, 0.29) is 5.82 Å². The summed E-state index contributed by atoms with van der Waals surface area (Å²) in [5.41, 5.74) is 8.35. The fraction of sp³-hybridized carbons (Fsp3) is 0.500. The lowest BCUT2D eigenvalue weighted by atomic mass is 9.94. The number of aryl methyl sites for hydroxylation is 1. The van der Waals surface area contributed by atoms with Gasteiger partial charge in [-0.25, -0.2) is 4.39 Å². The van der Waals surface area contributed by atoms with Crippen molar-refractivity contribution >= 4 is 0 Å². The van der Waals surface area contributed by atoms with E-state index in [0.29, 0.717) is 5.41 Å². The molecule has 1 aromatic rings. The summed E-state index contributed by atoms with van der Waals surface area (Å²) in [5.74, 6) is -0.149. The van der Waals surface area contributed by atoms with Crippen LogP contribution >= 0.6 is 0 Å². The summed E-state index contributed by atoms with van der Waals surface area (Å²) in [6, 6.07) is 5.03. The first-order chi connectivity index (χ1) is 6.65. The molecule has 0 amide bonds. The Bertz CT molecular complexity index is 342. The van der Waals surface area contributed by atoms with Gasteiger partial charge in [0.15, 0.2) is 0 Å². The number of hydrogen-bond acceptors (Lipinski definition) is 1. The van der Waals surface area contributed by atoms with Gasteiger partial charge in [0.25, 0.3) is 0 Å². The first-order valence-corrected chi connectivity index (χ1v) is 5.10. The molecule has 14 heavy (non-hydrogen) atoms. The van der Waals surface area contributed by atoms with Crippen LogP contribution in [0.15, 0.2) is 18.2 Å². The molecule has 76 valence electrons. The topological polar surface area (TPSA) is 26.0 Å². The van der Waals surface area contributed by atoms with Crippen molar-refractivity contribution in [1.82, 2.24) is 0 Å². The molecule has 0 heterocycles. The first kappa shape index (κ1) is 9.66. The van der Waals surface area contributed by atoms with E-state index in [1.165, 1.54) is 24.5 Å². The molecule has 0 radical (unpaired) electrons. The van der Waals surface area contributed by atoms with Crippen molar-refractivity contribution in [2.24, 2.45) is 11.1 Å². The minimum atomic E-state index is -0.149. The van der Waals surface area contributed by atoms with Gasteiger partial charge in [-0.1, -0.05) is 6.07 Å². The highest BCUT2D eigenvalue weighted by molar-refractivity contribution is 5.28. The van der Waals surface area contributed by atoms with E-state index in [1.807, 2.05) is 13.0 Å². The first-order valence-electron chi connectivity index (χ1n) is 5.10. The Hall–Kier alpha value is -0.890. The molecular formula is C12H16FN. The fourth-order valence-electron chi connectivity index (χ4n) is 1.89. The minimum absolute atomic E-state index is 0.149. The summed E-state index contributed by atoms with van der Waals surface area (Å²) in [7, 11) is 0. The van der Waals surface area contributed by atoms with E-state index in [9.17, 15) is 4.39 Å². The van der Waals surface area contributed by atoms with Crippen LogP contribution < -0.4 is 5.73 Å². The Balaban J connectivity index is 2.17. The fourth-order valence-corrected chi connectivity index (χ4v) is 1.89. The van der Waals surface area contributed by atoms with Crippen LogP contribution in [0.2, 0.25) is 0 Å². The zero-order valence-corrected chi connectivity index (χ0v) is 8.52. The molecule has 0 unspecified atom stereocenters. The summed E-state index contributed by atoms with van der Waals surface area (Å²) in [5, 5.41) is 0. The maximum atomic E-state index is 12.9. The van der Waals surface area contributed by atoms with Crippen molar-refractivity contribution in [3.8, 4) is 0 Å². The summed E-state index contributed by atoms with van der Waals surface area (Å²) in [6.45, 7) is 2.72. The standard InChI is InChI=1S/C12H16FN/c1-9-6-11(13)3-2-10(9)7-12(8-14)4-5-12/h2-3,6H,4-5,7-8,14H2,1H3. The third kappa shape index (κ3) is 1.80. The quantitative estimate of drug-likeness (QED) is 0.783. The summed E-state index contributed by atoms with van der Waals surface area (Å²) < 4.78 is 12.9. The third-order valence-corrected chi connectivity index (χ3v) is 3.26. The van der Waals surface area contributed by atoms with Crippen LogP contribution in [0, 0.1) is 18.2 Å². The predicted octanol–water partition coefficient (Wildman–Crippen LogP) is 2.42. The lowest BCUT2D eigenvalue weighted by molar-refractivity contribution is 0.518. The highest BCUT2D eigenvalue weighted by atomic mass is 19.1. The summed E-state index contributed by atoms with van der Waals surface area (Å²) in [4.78, 5) is 0. The number of halogens is 1. The molecule has 2 heteroatoms. The third-order valence-electron chi connectivity index (χ3n) is 3.26. The lowest BCUT2D eigenvalue weighted by Crippen LogP contribution is -2.18. The average molecular weight is 193 g/mol. The monoisotopic (exact) mass is 193 g/mol. The Morgan fingerprint density at radius 1 is 1.43 bits per heavy atom. The minimum Gasteiger partial charge on any atom is -0.330 e. The smallest absolute Gasteiger partial charge is 0.123 e. The van der Waals surface area contributed by atoms with Gasteiger partial charge in [0.2, 0.25) is 0 Å². The second kappa shape index (κ2) is 3.35. The van der Waals surface area contributed by atoms with E-state index >= 15 is 0 Å². The van der Waals surface area contributed by atoms with Gasteiger partial charge in [-0.3, -0.25) is 0 Å². The van der Waals surface area contributed by atoms with Gasteiger partial charge in [0, 0.05) is 0 Å². The molecule has 0 aliphatic heterocycles. The van der Waals surface area contributed by atoms with Crippen LogP contribution in [0.3, 0.4) is 0 Å². The predicted molar refractivity (Wildman–Crippen MR) is 55.6 cm³/mol. The van der Waals surface area contributed by atoms with Crippen molar-refractivity contribution in [2.45, 2.75) is 26.2 Å². The molecule has 1 nitrogen and oxygen atoms in total. The Labute approximate surface area is 84.1 Å². The van der Waals surface area contributed by atoms with E-state index in [4.69, 9.17) is 5.73 Å². The molecular weight excluding hydrogens is 177 g/mol. The average Bonchev–Trinajstić information content (AvgIpc) is 2.91. The van der Waals surface area contributed by atoms with Crippen LogP contribution in [0.4, 0.5) is 4.39 Å². The van der Waals surface area contributed by atoms with Gasteiger partial charge >= 0.3 is 0 Å². The molecule has 1 aliphatic rings. The number of nitrogens with two attached hydrogens (primary N) is 1. The van der Waals surface area contributed by atoms with Crippen LogP contribution in [-0.4, -0.2) is 6.54 Å². The second-order valence-corrected chi connectivity index (χ2v) is 4.45. The second-order valence-electron chi connectivity index (χ2n) is 4.45. The van der Waals surface area contributed by atoms with Gasteiger partial charge in [-0.15, -0.1) is 0 Å². The largest absolute Gasteiger partial charge is 0.330 e. The Kier molecular flexibility index (Phi) is 2.31. The zero-order chi connectivity index (χ0) is 10.2. The van der Waals surface area contributed by atoms with Crippen LogP contribution in [0.1, 0.15) is 24.0 Å². The normalized spacial score (nSPS) is 18.2. The zero-order valence-electron chi connectivity index (χ0n) is 8.52. The van der Waals surface area contributed by atoms with E-state index in [0.717, 1.165) is 18.5 Å². The van der Waals surface area contributed by atoms with Gasteiger partial charge in [-0.05, 0) is 61.4 Å². The van der Waals surface area contributed by atoms with Crippen LogP contribution in [0.5, 0.6) is 0 Å². The van der Waals surface area contributed by atoms with Gasteiger partial charge < -0.3 is 5.73 Å². The summed E-state index contributed by atoms with van der Waals surface area (Å²) in [6.07, 6.45) is 3.45. The van der Waals surface area contributed by atoms with E-state index in [1.54, 1.807) is 6.07 Å². The molecule has 0 spiro atoms. The maximum Gasteiger partial charge on any atom is 0.123 e. The van der Waals surface area contributed by atoms with E-state index < -0.39 is 0 Å². The molecule has 2 N–H and O–H groups in total. The highest BCUT2D eigenvalue weighted by Gasteiger charge is 2.41. The summed E-state index contributed by atoms with van der Waals surface area (Å²) >= 11 is 0. The van der Waals surface area contributed by atoms with Crippen LogP contribution in [0.25, 0.3) is 0 Å². The molecule has 0 atom stereocenters. The molecule has 0 bridgehead atoms. The van der Waals surface area contributed by atoms with Crippen molar-refractivity contribution in [3.63, 3.8) is 0 Å². The molecule has 0 saturated heterocycles. The van der Waals surface area contributed by atoms with Crippen molar-refractivity contribution < 1.29 is 4.39 Å². The number of hydrogen-bond donors (Lipinski definition) is 1. The SMILES string of the molecule is Cc1cc(F)ccc1CC1(CN)CC1. The van der Waals surface area contributed by atoms with Gasteiger partial charge in [-0.2, -0.15) is 0 Å². The Morgan fingerprint density at radius 2 is 2.14 bits per heavy atom. The Morgan fingerprint density at radius 3 is 2.64 bits per heavy atom. The van der Waals surface area contributed by atoms with Crippen molar-refractivity contribution in [1.29, 1.82) is 0 Å². The van der Waals surface area contributed by atoms with E-state index in [2.05, 4.69) is 0 Å². The molecule has 1 fully saturated rings. The highest BCUT2D eigenvalue weighted by Crippen LogP contribution is 2.47. The molecule has 2 rings (SSSR count). The maximum absolute atomic E-state index is 12.9. The number of rotatable bonds is 3. The van der Waals surface area contributed by atoms with Crippen molar-refractivity contribution in [3.05, 3.63) is 35.1 Å². The van der Waals surface area contributed by atoms with Crippen molar-refractivity contribution in [2.75, 3.05) is 6.54 Å². The van der Waals surface area contributed by atoms with Gasteiger partial charge in [0.05, 0.1) is 0 Å².